The van der Waals surface area contributed by atoms with Gasteiger partial charge < -0.3 is 0 Å². The largest absolute Gasteiger partial charge is 0.248 e. The first-order chi connectivity index (χ1) is 5.88. The van der Waals surface area contributed by atoms with Gasteiger partial charge in [-0.15, -0.1) is 5.10 Å². The van der Waals surface area contributed by atoms with Gasteiger partial charge in [-0.1, -0.05) is 17.3 Å². The van der Waals surface area contributed by atoms with Gasteiger partial charge in [0.05, 0.1) is 5.52 Å². The third-order valence-electron chi connectivity index (χ3n) is 1.52. The Balaban J connectivity index is 0.000000336. The molecule has 4 nitrogen and oxygen atoms in total. The maximum atomic E-state index is 6.50. The molecule has 0 bridgehead atoms. The smallest absolute Gasteiger partial charge is 0.113 e. The molecule has 1 aromatic carbocycles. The molecule has 1 heterocycles. The summed E-state index contributed by atoms with van der Waals surface area (Å²) in [5.74, 6) is 0. The van der Waals surface area contributed by atoms with Gasteiger partial charge in [-0.25, -0.2) is 9.94 Å². The lowest BCUT2D eigenvalue weighted by Crippen LogP contribution is -1.88. The monoisotopic (exact) mass is 160 g/mol. The second-order valence-electron chi connectivity index (χ2n) is 2.20. The quantitative estimate of drug-likeness (QED) is 0.580. The van der Waals surface area contributed by atoms with Crippen LogP contribution in [0.2, 0.25) is 0 Å². The Labute approximate surface area is 70.0 Å². The second-order valence-corrected chi connectivity index (χ2v) is 2.20. The van der Waals surface area contributed by atoms with Crippen molar-refractivity contribution in [1.29, 1.82) is 5.26 Å². The number of benzene rings is 1. The number of hydrogen-bond donors (Lipinski definition) is 0. The zero-order valence-corrected chi connectivity index (χ0v) is 6.68. The van der Waals surface area contributed by atoms with Crippen LogP contribution in [0.5, 0.6) is 0 Å². The van der Waals surface area contributed by atoms with Crippen molar-refractivity contribution in [2.24, 2.45) is 7.05 Å². The van der Waals surface area contributed by atoms with Gasteiger partial charge in [0, 0.05) is 13.6 Å². The first kappa shape index (κ1) is 8.21. The summed E-state index contributed by atoms with van der Waals surface area (Å²) in [5, 5.41) is 14.3. The van der Waals surface area contributed by atoms with E-state index in [4.69, 9.17) is 5.26 Å². The van der Waals surface area contributed by atoms with Crippen molar-refractivity contribution in [2.75, 3.05) is 0 Å². The van der Waals surface area contributed by atoms with Gasteiger partial charge >= 0.3 is 0 Å². The fraction of sp³-hybridized carbons (Fsp3) is 0.125. The summed E-state index contributed by atoms with van der Waals surface area (Å²) >= 11 is 0. The molecule has 0 fully saturated rings. The molecule has 2 aromatic rings. The minimum atomic E-state index is 0.949. The second kappa shape index (κ2) is 3.49. The van der Waals surface area contributed by atoms with Crippen LogP contribution in [0.25, 0.3) is 11.0 Å². The molecule has 0 aliphatic carbocycles. The van der Waals surface area contributed by atoms with Gasteiger partial charge in [-0.2, -0.15) is 0 Å². The Morgan fingerprint density at radius 2 is 2.00 bits per heavy atom. The molecule has 0 spiro atoms. The highest BCUT2D eigenvalue weighted by Gasteiger charge is 1.95. The first-order valence-corrected chi connectivity index (χ1v) is 3.38. The Bertz CT molecular complexity index is 388. The Kier molecular flexibility index (Phi) is 2.38. The van der Waals surface area contributed by atoms with Crippen LogP contribution in [0, 0.1) is 11.8 Å². The molecular weight excluding hydrogens is 152 g/mol. The van der Waals surface area contributed by atoms with Crippen LogP contribution in [-0.4, -0.2) is 15.0 Å². The molecular formula is C8H8N4. The van der Waals surface area contributed by atoms with Gasteiger partial charge in [0.1, 0.15) is 5.52 Å². The van der Waals surface area contributed by atoms with Crippen LogP contribution in [-0.2, 0) is 7.05 Å². The normalized spacial score (nSPS) is 8.92. The molecule has 0 atom stereocenters. The molecule has 1 aromatic heterocycles. The topological polar surface area (TPSA) is 54.5 Å². The Hall–Kier alpha value is -1.89. The number of rotatable bonds is 0. The standard InChI is InChI=1S/C7H7N3.CHN/c1-10-7-5-3-2-4-6(7)8-9-10;1-2/h2-5H,1H3;1H. The predicted octanol–water partition coefficient (Wildman–Crippen LogP) is 1.11. The average Bonchev–Trinajstić information content (AvgIpc) is 2.53. The zero-order valence-electron chi connectivity index (χ0n) is 6.68. The molecule has 0 amide bonds. The van der Waals surface area contributed by atoms with Gasteiger partial charge in [-0.05, 0) is 12.1 Å². The lowest BCUT2D eigenvalue weighted by atomic mass is 10.3. The van der Waals surface area contributed by atoms with E-state index in [2.05, 4.69) is 16.9 Å². The minimum absolute atomic E-state index is 0.949. The number of para-hydroxylation sites is 1. The Morgan fingerprint density at radius 1 is 1.33 bits per heavy atom. The van der Waals surface area contributed by atoms with Gasteiger partial charge in [-0.3, -0.25) is 0 Å². The third kappa shape index (κ3) is 1.25. The predicted molar refractivity (Wildman–Crippen MR) is 45.2 cm³/mol. The summed E-state index contributed by atoms with van der Waals surface area (Å²) in [5.41, 5.74) is 2.02. The number of nitriles is 1. The summed E-state index contributed by atoms with van der Waals surface area (Å²) in [6, 6.07) is 7.88. The summed E-state index contributed by atoms with van der Waals surface area (Å²) < 4.78 is 1.76. The van der Waals surface area contributed by atoms with Crippen LogP contribution in [0.15, 0.2) is 24.3 Å². The molecule has 0 unspecified atom stereocenters. The van der Waals surface area contributed by atoms with E-state index in [0.717, 1.165) is 11.0 Å². The third-order valence-corrected chi connectivity index (χ3v) is 1.52. The fourth-order valence-electron chi connectivity index (χ4n) is 0.986. The van der Waals surface area contributed by atoms with Crippen LogP contribution in [0.1, 0.15) is 0 Å². The zero-order chi connectivity index (χ0) is 8.97. The van der Waals surface area contributed by atoms with E-state index in [1.807, 2.05) is 31.3 Å². The van der Waals surface area contributed by atoms with Crippen LogP contribution in [0.3, 0.4) is 0 Å². The highest BCUT2D eigenvalue weighted by Crippen LogP contribution is 2.06. The average molecular weight is 160 g/mol. The van der Waals surface area contributed by atoms with Gasteiger partial charge in [0.2, 0.25) is 0 Å². The highest BCUT2D eigenvalue weighted by molar-refractivity contribution is 5.73. The molecule has 4 heteroatoms. The minimum Gasteiger partial charge on any atom is -0.248 e. The van der Waals surface area contributed by atoms with Crippen molar-refractivity contribution in [3.05, 3.63) is 24.3 Å². The van der Waals surface area contributed by atoms with E-state index in [-0.39, 0.29) is 0 Å². The number of fused-ring (bicyclic) bond motifs is 1. The van der Waals surface area contributed by atoms with Gasteiger partial charge in [0.25, 0.3) is 0 Å². The first-order valence-electron chi connectivity index (χ1n) is 3.38. The number of aryl methyl sites for hydroxylation is 1. The molecule has 0 saturated heterocycles. The highest BCUT2D eigenvalue weighted by atomic mass is 15.4. The molecule has 0 aliphatic heterocycles. The van der Waals surface area contributed by atoms with Crippen LogP contribution < -0.4 is 0 Å². The van der Waals surface area contributed by atoms with E-state index in [0.29, 0.717) is 0 Å². The van der Waals surface area contributed by atoms with Crippen LogP contribution >= 0.6 is 0 Å². The number of nitrogens with zero attached hydrogens (tertiary/aromatic N) is 4. The maximum absolute atomic E-state index is 6.50. The maximum Gasteiger partial charge on any atom is 0.113 e. The molecule has 0 aliphatic rings. The molecule has 2 rings (SSSR count). The SMILES string of the molecule is C#N.Cn1nnc2ccccc21. The molecule has 60 valence electrons. The van der Waals surface area contributed by atoms with Crippen molar-refractivity contribution in [2.45, 2.75) is 0 Å². The van der Waals surface area contributed by atoms with E-state index in [9.17, 15) is 0 Å². The van der Waals surface area contributed by atoms with E-state index in [1.165, 1.54) is 0 Å². The van der Waals surface area contributed by atoms with E-state index in [1.54, 1.807) is 4.68 Å². The van der Waals surface area contributed by atoms with Crippen LogP contribution in [0.4, 0.5) is 0 Å². The summed E-state index contributed by atoms with van der Waals surface area (Å²) in [7, 11) is 1.88. The van der Waals surface area contributed by atoms with E-state index >= 15 is 0 Å². The summed E-state index contributed by atoms with van der Waals surface area (Å²) in [6.07, 6.45) is 0. The van der Waals surface area contributed by atoms with E-state index < -0.39 is 0 Å². The van der Waals surface area contributed by atoms with Crippen molar-refractivity contribution in [1.82, 2.24) is 15.0 Å². The van der Waals surface area contributed by atoms with Crippen molar-refractivity contribution in [3.8, 4) is 6.57 Å². The van der Waals surface area contributed by atoms with Gasteiger partial charge in [0.15, 0.2) is 0 Å². The summed E-state index contributed by atoms with van der Waals surface area (Å²) in [4.78, 5) is 0. The number of hydrogen-bond acceptors (Lipinski definition) is 3. The summed E-state index contributed by atoms with van der Waals surface area (Å²) in [6.45, 7) is 3.50. The molecule has 0 N–H and O–H groups in total. The lowest BCUT2D eigenvalue weighted by Gasteiger charge is -1.87. The number of aromatic nitrogens is 3. The Morgan fingerprint density at radius 3 is 2.67 bits per heavy atom. The van der Waals surface area contributed by atoms with Crippen molar-refractivity contribution in [3.63, 3.8) is 0 Å². The molecule has 0 radical (unpaired) electrons. The molecule has 0 saturated carbocycles. The lowest BCUT2D eigenvalue weighted by molar-refractivity contribution is 0.736. The van der Waals surface area contributed by atoms with Crippen molar-refractivity contribution >= 4 is 11.0 Å². The fourth-order valence-corrected chi connectivity index (χ4v) is 0.986. The molecule has 12 heavy (non-hydrogen) atoms. The van der Waals surface area contributed by atoms with Crippen molar-refractivity contribution < 1.29 is 0 Å².